The minimum atomic E-state index is -2.25. The molecule has 0 saturated carbocycles. The Labute approximate surface area is 96.2 Å². The van der Waals surface area contributed by atoms with Gasteiger partial charge in [0.25, 0.3) is 0 Å². The summed E-state index contributed by atoms with van der Waals surface area (Å²) in [7, 11) is 10.9. The van der Waals surface area contributed by atoms with E-state index < -0.39 is 27.8 Å². The second-order valence-corrected chi connectivity index (χ2v) is 31.9. The van der Waals surface area contributed by atoms with Crippen LogP contribution in [0.5, 0.6) is 0 Å². The molecule has 0 heterocycles. The van der Waals surface area contributed by atoms with Gasteiger partial charge in [0.2, 0.25) is 0 Å². The molecule has 13 heavy (non-hydrogen) atoms. The maximum absolute atomic E-state index is 6.51. The van der Waals surface area contributed by atoms with Crippen molar-refractivity contribution >= 4 is 47.7 Å². The molecule has 0 aliphatic heterocycles. The molecule has 1 radical (unpaired) electrons. The van der Waals surface area contributed by atoms with Crippen LogP contribution >= 0.6 is 19.9 Å². The third-order valence-corrected chi connectivity index (χ3v) is 29.5. The molecular weight excluding hydrogens is 298 g/mol. The summed E-state index contributed by atoms with van der Waals surface area (Å²) in [6.45, 7) is 14.2. The molecule has 0 N–H and O–H groups in total. The predicted molar refractivity (Wildman–Crippen MR) is 73.8 cm³/mol. The summed E-state index contributed by atoms with van der Waals surface area (Å²) in [6, 6.07) is 0. The summed E-state index contributed by atoms with van der Waals surface area (Å²) in [6.07, 6.45) is 0. The van der Waals surface area contributed by atoms with Crippen LogP contribution in [0.15, 0.2) is 0 Å². The summed E-state index contributed by atoms with van der Waals surface area (Å²) in [4.78, 5) is 2.36. The van der Waals surface area contributed by atoms with E-state index >= 15 is 0 Å². The number of hydrogen-bond donors (Lipinski definition) is 0. The van der Waals surface area contributed by atoms with Crippen molar-refractivity contribution in [3.8, 4) is 0 Å². The second-order valence-electron chi connectivity index (χ2n) is 6.20. The fourth-order valence-corrected chi connectivity index (χ4v) is 46.6. The molecule has 0 unspecified atom stereocenters. The van der Waals surface area contributed by atoms with Crippen molar-refractivity contribution in [3.63, 3.8) is 0 Å². The summed E-state index contributed by atoms with van der Waals surface area (Å²) < 4.78 is 0. The van der Waals surface area contributed by atoms with Gasteiger partial charge in [0.05, 0.1) is 0 Å². The van der Waals surface area contributed by atoms with Crippen molar-refractivity contribution < 1.29 is 0 Å². The molecule has 0 bridgehead atoms. The zero-order valence-electron chi connectivity index (χ0n) is 9.62. The molecule has 5 heteroatoms. The number of rotatable bonds is 4. The van der Waals surface area contributed by atoms with Crippen molar-refractivity contribution in [1.29, 1.82) is 0 Å². The molecule has 0 aromatic carbocycles. The zero-order valence-corrected chi connectivity index (χ0v) is 15.0. The molecule has 0 aromatic rings. The van der Waals surface area contributed by atoms with Crippen LogP contribution in [0.25, 0.3) is 0 Å². The summed E-state index contributed by atoms with van der Waals surface area (Å²) in [5.41, 5.74) is 0. The van der Waals surface area contributed by atoms with Crippen molar-refractivity contribution in [2.75, 3.05) is 0 Å². The van der Waals surface area contributed by atoms with Gasteiger partial charge in [0.1, 0.15) is 0 Å². The Morgan fingerprint density at radius 1 is 0.769 bits per heavy atom. The molecule has 0 amide bonds. The molecule has 0 saturated heterocycles. The first-order chi connectivity index (χ1) is 5.41. The SMILES string of the molecule is C[Si](C)(C)C[As](Cl)(Cl)C[Si](C)(C)C. The van der Waals surface area contributed by atoms with E-state index in [0.717, 1.165) is 0 Å². The van der Waals surface area contributed by atoms with Crippen molar-refractivity contribution in [2.45, 2.75) is 48.9 Å². The third kappa shape index (κ3) is 9.87. The Morgan fingerprint density at radius 3 is 1.15 bits per heavy atom. The fraction of sp³-hybridized carbons (Fsp3) is 1.00. The Morgan fingerprint density at radius 2 is 1.00 bits per heavy atom. The van der Waals surface area contributed by atoms with E-state index in [2.05, 4.69) is 39.3 Å². The van der Waals surface area contributed by atoms with Gasteiger partial charge >= 0.3 is 96.7 Å². The van der Waals surface area contributed by atoms with E-state index in [-0.39, 0.29) is 0 Å². The summed E-state index contributed by atoms with van der Waals surface area (Å²) in [5, 5.41) is 0. The second kappa shape index (κ2) is 4.61. The summed E-state index contributed by atoms with van der Waals surface area (Å²) >= 11 is -2.25. The first kappa shape index (κ1) is 14.6. The first-order valence-corrected chi connectivity index (χ1v) is 19.7. The molecule has 0 aromatic heterocycles. The molecule has 0 nitrogen and oxygen atoms in total. The van der Waals surface area contributed by atoms with Gasteiger partial charge in [0.15, 0.2) is 0 Å². The quantitative estimate of drug-likeness (QED) is 0.661. The number of halogens is 2. The Balaban J connectivity index is 4.25. The van der Waals surface area contributed by atoms with Crippen LogP contribution in [-0.4, -0.2) is 27.8 Å². The zero-order chi connectivity index (χ0) is 10.9. The monoisotopic (exact) mass is 319 g/mol. The van der Waals surface area contributed by atoms with Crippen molar-refractivity contribution in [2.24, 2.45) is 0 Å². The van der Waals surface area contributed by atoms with Crippen LogP contribution in [0.4, 0.5) is 0 Å². The van der Waals surface area contributed by atoms with E-state index in [1.165, 1.54) is 9.66 Å². The average Bonchev–Trinajstić information content (AvgIpc) is 1.43. The molecule has 0 aliphatic carbocycles. The van der Waals surface area contributed by atoms with Gasteiger partial charge in [-0.3, -0.25) is 0 Å². The normalized spacial score (nSPS) is 14.8. The van der Waals surface area contributed by atoms with Gasteiger partial charge in [-0.1, -0.05) is 0 Å². The van der Waals surface area contributed by atoms with Gasteiger partial charge in [-0.25, -0.2) is 0 Å². The van der Waals surface area contributed by atoms with E-state index in [1.807, 2.05) is 0 Å². The van der Waals surface area contributed by atoms with E-state index in [1.54, 1.807) is 0 Å². The van der Waals surface area contributed by atoms with Crippen LogP contribution in [0, 0.1) is 0 Å². The molecule has 0 rings (SSSR count). The van der Waals surface area contributed by atoms with Gasteiger partial charge in [-0.05, 0) is 0 Å². The topological polar surface area (TPSA) is 0 Å². The van der Waals surface area contributed by atoms with Gasteiger partial charge < -0.3 is 0 Å². The van der Waals surface area contributed by atoms with Gasteiger partial charge in [0, 0.05) is 0 Å². The first-order valence-electron chi connectivity index (χ1n) is 4.68. The third-order valence-electron chi connectivity index (χ3n) is 1.41. The molecular formula is C8H22AsCl2Si2. The van der Waals surface area contributed by atoms with Gasteiger partial charge in [-0.15, -0.1) is 0 Å². The van der Waals surface area contributed by atoms with E-state index in [0.29, 0.717) is 0 Å². The Kier molecular flexibility index (Phi) is 5.17. The van der Waals surface area contributed by atoms with Crippen LogP contribution in [0.2, 0.25) is 48.9 Å². The Hall–Kier alpha value is 1.57. The van der Waals surface area contributed by atoms with E-state index in [4.69, 9.17) is 19.9 Å². The van der Waals surface area contributed by atoms with Crippen LogP contribution in [0.1, 0.15) is 0 Å². The molecule has 81 valence electrons. The van der Waals surface area contributed by atoms with Crippen LogP contribution in [0.3, 0.4) is 0 Å². The molecule has 0 spiro atoms. The Bertz CT molecular complexity index is 152. The van der Waals surface area contributed by atoms with E-state index in [9.17, 15) is 0 Å². The van der Waals surface area contributed by atoms with Crippen molar-refractivity contribution in [3.05, 3.63) is 0 Å². The van der Waals surface area contributed by atoms with Gasteiger partial charge in [-0.2, -0.15) is 0 Å². The standard InChI is InChI=1S/C8H22AsCl2Si2/c1-12(2,3)7-9(10,11)8-13(4,5)6/h7-8H2,1-6H3. The van der Waals surface area contributed by atoms with Crippen LogP contribution in [-0.2, 0) is 0 Å². The molecule has 0 atom stereocenters. The molecule has 0 aliphatic rings. The number of hydrogen-bond acceptors (Lipinski definition) is 0. The van der Waals surface area contributed by atoms with Crippen LogP contribution < -0.4 is 0 Å². The molecule has 0 fully saturated rings. The average molecular weight is 320 g/mol. The maximum atomic E-state index is 6.51. The minimum absolute atomic E-state index is 1.06. The fourth-order valence-electron chi connectivity index (χ4n) is 1.44. The van der Waals surface area contributed by atoms with Crippen molar-refractivity contribution in [1.82, 2.24) is 0 Å². The predicted octanol–water partition coefficient (Wildman–Crippen LogP) is 4.66. The summed E-state index contributed by atoms with van der Waals surface area (Å²) in [5.74, 6) is 0.